The van der Waals surface area contributed by atoms with Crippen LogP contribution in [0.1, 0.15) is 19.3 Å². The van der Waals surface area contributed by atoms with Gasteiger partial charge in [-0.1, -0.05) is 0 Å². The minimum atomic E-state index is 0.672. The molecular weight excluding hydrogens is 192 g/mol. The highest BCUT2D eigenvalue weighted by molar-refractivity contribution is 4.72. The normalized spacial score (nSPS) is 22.6. The predicted molar refractivity (Wildman–Crippen MR) is 61.2 cm³/mol. The van der Waals surface area contributed by atoms with E-state index in [1.165, 1.54) is 25.8 Å². The second-order valence-corrected chi connectivity index (χ2v) is 3.94. The smallest absolute Gasteiger partial charge is 0.0700 e. The fourth-order valence-corrected chi connectivity index (χ4v) is 1.80. The molecule has 2 N–H and O–H groups in total. The van der Waals surface area contributed by atoms with Crippen molar-refractivity contribution in [2.45, 2.75) is 25.3 Å². The monoisotopic (exact) mass is 216 g/mol. The zero-order chi connectivity index (χ0) is 10.8. The Labute approximate surface area is 92.7 Å². The Morgan fingerprint density at radius 1 is 1.20 bits per heavy atom. The molecule has 0 bridgehead atoms. The molecule has 1 saturated heterocycles. The van der Waals surface area contributed by atoms with Crippen LogP contribution >= 0.6 is 0 Å². The molecule has 1 aliphatic rings. The molecule has 0 amide bonds. The van der Waals surface area contributed by atoms with E-state index in [4.69, 9.17) is 9.47 Å². The van der Waals surface area contributed by atoms with Gasteiger partial charge in [0.2, 0.25) is 0 Å². The summed E-state index contributed by atoms with van der Waals surface area (Å²) >= 11 is 0. The number of ether oxygens (including phenoxy) is 2. The predicted octanol–water partition coefficient (Wildman–Crippen LogP) is 0.381. The largest absolute Gasteiger partial charge is 0.382 e. The molecule has 0 aromatic heterocycles. The molecule has 1 atom stereocenters. The molecular formula is C11H24N2O2. The third-order valence-electron chi connectivity index (χ3n) is 2.69. The molecule has 0 aromatic rings. The van der Waals surface area contributed by atoms with Crippen LogP contribution in [0.3, 0.4) is 0 Å². The topological polar surface area (TPSA) is 42.5 Å². The first-order valence-electron chi connectivity index (χ1n) is 5.94. The summed E-state index contributed by atoms with van der Waals surface area (Å²) in [6.07, 6.45) is 3.80. The van der Waals surface area contributed by atoms with E-state index in [0.29, 0.717) is 19.3 Å². The van der Waals surface area contributed by atoms with Gasteiger partial charge in [0, 0.05) is 19.7 Å². The molecule has 4 heteroatoms. The van der Waals surface area contributed by atoms with Crippen molar-refractivity contribution in [3.05, 3.63) is 0 Å². The summed E-state index contributed by atoms with van der Waals surface area (Å²) in [6.45, 7) is 5.43. The Hall–Kier alpha value is -0.160. The van der Waals surface area contributed by atoms with Gasteiger partial charge in [0.1, 0.15) is 0 Å². The van der Waals surface area contributed by atoms with Crippen LogP contribution in [0.5, 0.6) is 0 Å². The van der Waals surface area contributed by atoms with Crippen LogP contribution in [0, 0.1) is 0 Å². The molecule has 0 aliphatic carbocycles. The van der Waals surface area contributed by atoms with E-state index in [2.05, 4.69) is 10.6 Å². The summed E-state index contributed by atoms with van der Waals surface area (Å²) in [4.78, 5) is 0. The number of hydrogen-bond donors (Lipinski definition) is 2. The van der Waals surface area contributed by atoms with E-state index in [1.54, 1.807) is 7.11 Å². The van der Waals surface area contributed by atoms with Crippen LogP contribution in [-0.2, 0) is 9.47 Å². The van der Waals surface area contributed by atoms with E-state index in [1.807, 2.05) is 0 Å². The Bertz CT molecular complexity index is 137. The van der Waals surface area contributed by atoms with Gasteiger partial charge in [-0.15, -0.1) is 0 Å². The summed E-state index contributed by atoms with van der Waals surface area (Å²) in [5.74, 6) is 0. The average Bonchev–Trinajstić information content (AvgIpc) is 2.52. The summed E-state index contributed by atoms with van der Waals surface area (Å²) in [5.41, 5.74) is 0. The lowest BCUT2D eigenvalue weighted by Crippen LogP contribution is -2.32. The maximum Gasteiger partial charge on any atom is 0.0700 e. The highest BCUT2D eigenvalue weighted by Gasteiger charge is 2.09. The minimum absolute atomic E-state index is 0.672. The van der Waals surface area contributed by atoms with Crippen LogP contribution in [0.25, 0.3) is 0 Å². The van der Waals surface area contributed by atoms with Crippen molar-refractivity contribution in [1.82, 2.24) is 10.6 Å². The molecule has 1 heterocycles. The summed E-state index contributed by atoms with van der Waals surface area (Å²) in [5, 5.41) is 6.94. The maximum absolute atomic E-state index is 5.39. The molecule has 0 saturated carbocycles. The summed E-state index contributed by atoms with van der Waals surface area (Å²) in [6, 6.07) is 0.672. The lowest BCUT2D eigenvalue weighted by molar-refractivity contribution is 0.0709. The molecule has 90 valence electrons. The van der Waals surface area contributed by atoms with E-state index in [-0.39, 0.29) is 0 Å². The van der Waals surface area contributed by atoms with Crippen molar-refractivity contribution in [2.24, 2.45) is 0 Å². The molecule has 1 unspecified atom stereocenters. The Morgan fingerprint density at radius 2 is 2.13 bits per heavy atom. The number of rotatable bonds is 7. The van der Waals surface area contributed by atoms with E-state index < -0.39 is 0 Å². The average molecular weight is 216 g/mol. The minimum Gasteiger partial charge on any atom is -0.382 e. The first-order chi connectivity index (χ1) is 7.43. The first-order valence-corrected chi connectivity index (χ1v) is 5.94. The lowest BCUT2D eigenvalue weighted by Gasteiger charge is -2.15. The summed E-state index contributed by atoms with van der Waals surface area (Å²) in [7, 11) is 1.69. The fourth-order valence-electron chi connectivity index (χ4n) is 1.80. The Balaban J connectivity index is 1.89. The molecule has 4 nitrogen and oxygen atoms in total. The molecule has 0 spiro atoms. The van der Waals surface area contributed by atoms with Gasteiger partial charge >= 0.3 is 0 Å². The molecule has 0 aromatic carbocycles. The quantitative estimate of drug-likeness (QED) is 0.604. The van der Waals surface area contributed by atoms with Crippen LogP contribution in [0.2, 0.25) is 0 Å². The number of methoxy groups -OCH3 is 1. The van der Waals surface area contributed by atoms with Gasteiger partial charge in [0.25, 0.3) is 0 Å². The second kappa shape index (κ2) is 9.09. The SMILES string of the molecule is COCCOCCNC1CCCNCC1. The van der Waals surface area contributed by atoms with Crippen molar-refractivity contribution < 1.29 is 9.47 Å². The third-order valence-corrected chi connectivity index (χ3v) is 2.69. The number of nitrogens with one attached hydrogen (secondary N) is 2. The van der Waals surface area contributed by atoms with Gasteiger partial charge in [-0.3, -0.25) is 0 Å². The first kappa shape index (κ1) is 12.9. The molecule has 15 heavy (non-hydrogen) atoms. The molecule has 1 fully saturated rings. The van der Waals surface area contributed by atoms with Gasteiger partial charge in [0.15, 0.2) is 0 Å². The summed E-state index contributed by atoms with van der Waals surface area (Å²) < 4.78 is 10.3. The van der Waals surface area contributed by atoms with Gasteiger partial charge in [0.05, 0.1) is 19.8 Å². The van der Waals surface area contributed by atoms with Gasteiger partial charge in [-0.25, -0.2) is 0 Å². The Kier molecular flexibility index (Phi) is 7.83. The van der Waals surface area contributed by atoms with E-state index >= 15 is 0 Å². The van der Waals surface area contributed by atoms with Crippen LogP contribution in [-0.4, -0.2) is 52.6 Å². The van der Waals surface area contributed by atoms with Crippen LogP contribution < -0.4 is 10.6 Å². The van der Waals surface area contributed by atoms with Crippen molar-refractivity contribution >= 4 is 0 Å². The van der Waals surface area contributed by atoms with Crippen molar-refractivity contribution in [2.75, 3.05) is 46.6 Å². The third kappa shape index (κ3) is 6.84. The standard InChI is InChI=1S/C11H24N2O2/c1-14-9-10-15-8-7-13-11-3-2-5-12-6-4-11/h11-13H,2-10H2,1H3. The molecule has 1 aliphatic heterocycles. The molecule has 1 rings (SSSR count). The highest BCUT2D eigenvalue weighted by Crippen LogP contribution is 2.04. The van der Waals surface area contributed by atoms with Gasteiger partial charge in [-0.05, 0) is 32.4 Å². The van der Waals surface area contributed by atoms with Crippen molar-refractivity contribution in [1.29, 1.82) is 0 Å². The van der Waals surface area contributed by atoms with Gasteiger partial charge < -0.3 is 20.1 Å². The van der Waals surface area contributed by atoms with Gasteiger partial charge in [-0.2, -0.15) is 0 Å². The molecule has 0 radical (unpaired) electrons. The number of hydrogen-bond acceptors (Lipinski definition) is 4. The fraction of sp³-hybridized carbons (Fsp3) is 1.00. The lowest BCUT2D eigenvalue weighted by atomic mass is 10.1. The highest BCUT2D eigenvalue weighted by atomic mass is 16.5. The van der Waals surface area contributed by atoms with Crippen molar-refractivity contribution in [3.63, 3.8) is 0 Å². The van der Waals surface area contributed by atoms with Crippen LogP contribution in [0.15, 0.2) is 0 Å². The van der Waals surface area contributed by atoms with E-state index in [9.17, 15) is 0 Å². The Morgan fingerprint density at radius 3 is 3.00 bits per heavy atom. The maximum atomic E-state index is 5.39. The second-order valence-electron chi connectivity index (χ2n) is 3.94. The van der Waals surface area contributed by atoms with E-state index in [0.717, 1.165) is 19.7 Å². The zero-order valence-electron chi connectivity index (χ0n) is 9.76. The zero-order valence-corrected chi connectivity index (χ0v) is 9.76. The van der Waals surface area contributed by atoms with Crippen molar-refractivity contribution in [3.8, 4) is 0 Å². The van der Waals surface area contributed by atoms with Crippen LogP contribution in [0.4, 0.5) is 0 Å².